The number of hydrogen-bond donors (Lipinski definition) is 0. The van der Waals surface area contributed by atoms with E-state index < -0.39 is 5.97 Å². The number of rotatable bonds is 2. The molecule has 0 bridgehead atoms. The Kier molecular flexibility index (Phi) is 3.24. The van der Waals surface area contributed by atoms with Crippen LogP contribution < -0.4 is 4.74 Å². The van der Waals surface area contributed by atoms with Crippen LogP contribution in [0.3, 0.4) is 0 Å². The summed E-state index contributed by atoms with van der Waals surface area (Å²) < 4.78 is 10.6. The van der Waals surface area contributed by atoms with Crippen molar-refractivity contribution in [3.63, 3.8) is 0 Å². The Labute approximate surface area is 106 Å². The molecule has 1 aromatic carbocycles. The molecule has 0 N–H and O–H groups in total. The molecule has 0 amide bonds. The van der Waals surface area contributed by atoms with Gasteiger partial charge in [-0.2, -0.15) is 0 Å². The van der Waals surface area contributed by atoms with Gasteiger partial charge in [0.05, 0.1) is 6.26 Å². The van der Waals surface area contributed by atoms with E-state index in [-0.39, 0.29) is 5.76 Å². The number of carbonyl (C=O) groups is 1. The quantitative estimate of drug-likeness (QED) is 0.597. The summed E-state index contributed by atoms with van der Waals surface area (Å²) in [7, 11) is 0. The largest absolute Gasteiger partial charge is 0.457 e. The number of furan rings is 1. The number of hydrogen-bond acceptors (Lipinski definition) is 3. The number of carbonyl (C=O) groups excluding carboxylic acids is 1. The van der Waals surface area contributed by atoms with E-state index in [0.29, 0.717) is 5.75 Å². The van der Waals surface area contributed by atoms with Crippen LogP contribution in [0.25, 0.3) is 0 Å². The average molecular weight is 244 g/mol. The Hall–Kier alpha value is -2.03. The van der Waals surface area contributed by atoms with Gasteiger partial charge < -0.3 is 9.15 Å². The zero-order valence-electron chi connectivity index (χ0n) is 11.0. The molecule has 18 heavy (non-hydrogen) atoms. The van der Waals surface area contributed by atoms with Crippen molar-refractivity contribution in [2.75, 3.05) is 0 Å². The van der Waals surface area contributed by atoms with Crippen LogP contribution in [0.2, 0.25) is 0 Å². The van der Waals surface area contributed by atoms with Gasteiger partial charge in [0.2, 0.25) is 5.76 Å². The van der Waals surface area contributed by atoms with Crippen LogP contribution in [0.5, 0.6) is 5.75 Å². The van der Waals surface area contributed by atoms with Gasteiger partial charge in [0.25, 0.3) is 0 Å². The highest BCUT2D eigenvalue weighted by Gasteiger charge is 2.17. The lowest BCUT2D eigenvalue weighted by Gasteiger charge is -2.11. The fourth-order valence-electron chi connectivity index (χ4n) is 1.80. The van der Waals surface area contributed by atoms with E-state index in [0.717, 1.165) is 22.3 Å². The van der Waals surface area contributed by atoms with E-state index in [1.807, 2.05) is 39.8 Å². The molecule has 0 aliphatic carbocycles. The molecule has 0 saturated heterocycles. The Morgan fingerprint density at radius 1 is 1.00 bits per heavy atom. The second-order valence-electron chi connectivity index (χ2n) is 4.48. The van der Waals surface area contributed by atoms with Crippen molar-refractivity contribution < 1.29 is 13.9 Å². The molecule has 2 rings (SSSR count). The number of esters is 1. The maximum atomic E-state index is 12.0. The molecule has 0 radical (unpaired) electrons. The molecule has 0 atom stereocenters. The first-order valence-electron chi connectivity index (χ1n) is 5.83. The average Bonchev–Trinajstić information content (AvgIpc) is 2.76. The second kappa shape index (κ2) is 4.69. The Morgan fingerprint density at radius 2 is 1.67 bits per heavy atom. The van der Waals surface area contributed by atoms with Gasteiger partial charge in [0.15, 0.2) is 0 Å². The van der Waals surface area contributed by atoms with E-state index in [9.17, 15) is 4.79 Å². The van der Waals surface area contributed by atoms with Crippen LogP contribution in [0.4, 0.5) is 0 Å². The van der Waals surface area contributed by atoms with Gasteiger partial charge >= 0.3 is 5.97 Å². The van der Waals surface area contributed by atoms with Gasteiger partial charge in [-0.3, -0.25) is 0 Å². The second-order valence-corrected chi connectivity index (χ2v) is 4.48. The topological polar surface area (TPSA) is 39.4 Å². The first kappa shape index (κ1) is 12.4. The molecular formula is C15H16O3. The van der Waals surface area contributed by atoms with E-state index in [1.165, 1.54) is 6.26 Å². The third-order valence-corrected chi connectivity index (χ3v) is 3.12. The first-order valence-corrected chi connectivity index (χ1v) is 5.83. The number of ether oxygens (including phenoxy) is 1. The molecule has 1 aromatic heterocycles. The van der Waals surface area contributed by atoms with E-state index >= 15 is 0 Å². The fourth-order valence-corrected chi connectivity index (χ4v) is 1.80. The molecular weight excluding hydrogens is 228 g/mol. The van der Waals surface area contributed by atoms with Crippen LogP contribution in [0.15, 0.2) is 28.9 Å². The van der Waals surface area contributed by atoms with Gasteiger partial charge in [-0.05, 0) is 50.5 Å². The van der Waals surface area contributed by atoms with E-state index in [1.54, 1.807) is 6.07 Å². The molecule has 3 heteroatoms. The smallest absolute Gasteiger partial charge is 0.379 e. The van der Waals surface area contributed by atoms with Crippen molar-refractivity contribution in [3.8, 4) is 5.75 Å². The lowest BCUT2D eigenvalue weighted by molar-refractivity contribution is 0.0698. The van der Waals surface area contributed by atoms with Gasteiger partial charge in [0.1, 0.15) is 5.75 Å². The predicted molar refractivity (Wildman–Crippen MR) is 69.1 cm³/mol. The van der Waals surface area contributed by atoms with Crippen molar-refractivity contribution in [1.82, 2.24) is 0 Å². The minimum Gasteiger partial charge on any atom is -0.457 e. The molecule has 0 saturated carbocycles. The molecule has 0 unspecified atom stereocenters. The zero-order valence-corrected chi connectivity index (χ0v) is 11.0. The normalized spacial score (nSPS) is 10.4. The molecule has 1 heterocycles. The van der Waals surface area contributed by atoms with Crippen molar-refractivity contribution >= 4 is 5.97 Å². The van der Waals surface area contributed by atoms with Crippen LogP contribution in [-0.4, -0.2) is 5.97 Å². The van der Waals surface area contributed by atoms with E-state index in [4.69, 9.17) is 9.15 Å². The summed E-state index contributed by atoms with van der Waals surface area (Å²) in [6.07, 6.45) is 1.49. The third-order valence-electron chi connectivity index (χ3n) is 3.12. The standard InChI is InChI=1S/C15H16O3/c1-9-5-6-10(2)13(12(9)4)18-15(16)14-11(3)7-8-17-14/h5-8H,1-4H3. The lowest BCUT2D eigenvalue weighted by atomic mass is 10.1. The van der Waals surface area contributed by atoms with Crippen molar-refractivity contribution in [2.45, 2.75) is 27.7 Å². The molecule has 0 aliphatic heterocycles. The maximum Gasteiger partial charge on any atom is 0.379 e. The Bertz CT molecular complexity index is 594. The van der Waals surface area contributed by atoms with E-state index in [2.05, 4.69) is 0 Å². The lowest BCUT2D eigenvalue weighted by Crippen LogP contribution is -2.10. The molecule has 2 aromatic rings. The van der Waals surface area contributed by atoms with Crippen LogP contribution >= 0.6 is 0 Å². The zero-order chi connectivity index (χ0) is 13.3. The summed E-state index contributed by atoms with van der Waals surface area (Å²) >= 11 is 0. The van der Waals surface area contributed by atoms with Crippen LogP contribution in [0.1, 0.15) is 32.8 Å². The van der Waals surface area contributed by atoms with Crippen LogP contribution in [0, 0.1) is 27.7 Å². The Morgan fingerprint density at radius 3 is 2.28 bits per heavy atom. The molecule has 3 nitrogen and oxygen atoms in total. The highest BCUT2D eigenvalue weighted by molar-refractivity contribution is 5.90. The summed E-state index contributed by atoms with van der Waals surface area (Å²) in [5.74, 6) is 0.431. The van der Waals surface area contributed by atoms with Gasteiger partial charge in [0, 0.05) is 5.56 Å². The maximum absolute atomic E-state index is 12.0. The minimum atomic E-state index is -0.450. The van der Waals surface area contributed by atoms with Gasteiger partial charge in [-0.15, -0.1) is 0 Å². The molecule has 0 spiro atoms. The highest BCUT2D eigenvalue weighted by Crippen LogP contribution is 2.27. The van der Waals surface area contributed by atoms with Gasteiger partial charge in [-0.1, -0.05) is 12.1 Å². The summed E-state index contributed by atoms with van der Waals surface area (Å²) in [6.45, 7) is 7.67. The summed E-state index contributed by atoms with van der Waals surface area (Å²) in [6, 6.07) is 5.70. The monoisotopic (exact) mass is 244 g/mol. The molecule has 94 valence electrons. The third kappa shape index (κ3) is 2.16. The minimum absolute atomic E-state index is 0.260. The van der Waals surface area contributed by atoms with Crippen LogP contribution in [-0.2, 0) is 0 Å². The summed E-state index contributed by atoms with van der Waals surface area (Å²) in [5.41, 5.74) is 3.80. The van der Waals surface area contributed by atoms with Crippen molar-refractivity contribution in [3.05, 3.63) is 52.5 Å². The summed E-state index contributed by atoms with van der Waals surface area (Å²) in [4.78, 5) is 12.0. The highest BCUT2D eigenvalue weighted by atomic mass is 16.5. The number of aryl methyl sites for hydroxylation is 3. The number of benzene rings is 1. The van der Waals surface area contributed by atoms with Crippen molar-refractivity contribution in [1.29, 1.82) is 0 Å². The Balaban J connectivity index is 2.33. The molecule has 0 fully saturated rings. The fraction of sp³-hybridized carbons (Fsp3) is 0.267. The molecule has 0 aliphatic rings. The SMILES string of the molecule is Cc1ccoc1C(=O)Oc1c(C)ccc(C)c1C. The first-order chi connectivity index (χ1) is 8.50. The van der Waals surface area contributed by atoms with Crippen molar-refractivity contribution in [2.24, 2.45) is 0 Å². The van der Waals surface area contributed by atoms with Gasteiger partial charge in [-0.25, -0.2) is 4.79 Å². The summed E-state index contributed by atoms with van der Waals surface area (Å²) in [5, 5.41) is 0. The predicted octanol–water partition coefficient (Wildman–Crippen LogP) is 3.73.